The van der Waals surface area contributed by atoms with Gasteiger partial charge in [-0.3, -0.25) is 4.79 Å². The van der Waals surface area contributed by atoms with Crippen molar-refractivity contribution in [2.75, 3.05) is 28.1 Å². The Morgan fingerprint density at radius 2 is 1.59 bits per heavy atom. The lowest BCUT2D eigenvalue weighted by Gasteiger charge is -2.15. The molecule has 1 aliphatic rings. The Kier molecular flexibility index (Phi) is 8.19. The predicted octanol–water partition coefficient (Wildman–Crippen LogP) is 4.95. The van der Waals surface area contributed by atoms with Crippen molar-refractivity contribution in [3.63, 3.8) is 0 Å². The highest BCUT2D eigenvalue weighted by molar-refractivity contribution is 9.11. The zero-order valence-electron chi connectivity index (χ0n) is 19.8. The normalized spacial score (nSPS) is 11.8. The third kappa shape index (κ3) is 5.81. The molecule has 0 atom stereocenters. The van der Waals surface area contributed by atoms with E-state index < -0.39 is 11.9 Å². The van der Waals surface area contributed by atoms with Crippen LogP contribution in [0.2, 0.25) is 0 Å². The molecule has 0 unspecified atom stereocenters. The molecule has 0 fully saturated rings. The Hall–Kier alpha value is -3.77. The van der Waals surface area contributed by atoms with Crippen molar-refractivity contribution < 1.29 is 38.0 Å². The molecule has 0 aromatic heterocycles. The number of nitrogens with zero attached hydrogens (tertiary/aromatic N) is 1. The first-order valence-electron chi connectivity index (χ1n) is 10.6. The molecule has 0 saturated heterocycles. The van der Waals surface area contributed by atoms with Gasteiger partial charge in [0.15, 0.2) is 28.7 Å². The van der Waals surface area contributed by atoms with E-state index in [-0.39, 0.29) is 18.1 Å². The summed E-state index contributed by atoms with van der Waals surface area (Å²) in [6.45, 7) is 0.105. The number of halogens is 2. The maximum absolute atomic E-state index is 13.1. The SMILES string of the molecule is COc1cc(C(=O)Oc2c(Br)cc(Br)cc2/C=N\NC(=O)c2ccc3c(c2)OCO3)cc(OC)c1OC. The second-order valence-electron chi connectivity index (χ2n) is 7.38. The van der Waals surface area contributed by atoms with Crippen molar-refractivity contribution in [3.05, 3.63) is 68.1 Å². The van der Waals surface area contributed by atoms with Gasteiger partial charge in [0.25, 0.3) is 5.91 Å². The van der Waals surface area contributed by atoms with Crippen molar-refractivity contribution in [1.82, 2.24) is 5.43 Å². The molecule has 1 amide bonds. The van der Waals surface area contributed by atoms with Crippen LogP contribution in [0.15, 0.2) is 56.5 Å². The molecular weight excluding hydrogens is 616 g/mol. The fourth-order valence-corrected chi connectivity index (χ4v) is 4.74. The summed E-state index contributed by atoms with van der Waals surface area (Å²) in [5.74, 6) is 1.04. The maximum Gasteiger partial charge on any atom is 0.343 e. The first-order valence-corrected chi connectivity index (χ1v) is 12.2. The second-order valence-corrected chi connectivity index (χ2v) is 9.15. The zero-order chi connectivity index (χ0) is 26.5. The number of carbonyl (C=O) groups excluding carboxylic acids is 2. The number of carbonyl (C=O) groups is 2. The number of hydrazone groups is 1. The summed E-state index contributed by atoms with van der Waals surface area (Å²) in [6, 6.07) is 11.2. The Morgan fingerprint density at radius 1 is 0.892 bits per heavy atom. The van der Waals surface area contributed by atoms with Crippen LogP contribution < -0.4 is 33.8 Å². The monoisotopic (exact) mass is 634 g/mol. The number of esters is 1. The van der Waals surface area contributed by atoms with Gasteiger partial charge in [0, 0.05) is 15.6 Å². The van der Waals surface area contributed by atoms with E-state index in [4.69, 9.17) is 28.4 Å². The van der Waals surface area contributed by atoms with E-state index in [2.05, 4.69) is 42.4 Å². The number of ether oxygens (including phenoxy) is 6. The zero-order valence-corrected chi connectivity index (χ0v) is 23.0. The molecule has 0 aliphatic carbocycles. The number of benzene rings is 3. The molecule has 1 heterocycles. The first-order chi connectivity index (χ1) is 17.8. The third-order valence-electron chi connectivity index (χ3n) is 5.14. The fraction of sp³-hybridized carbons (Fsp3) is 0.160. The Morgan fingerprint density at radius 3 is 2.27 bits per heavy atom. The average Bonchev–Trinajstić information content (AvgIpc) is 3.37. The summed E-state index contributed by atoms with van der Waals surface area (Å²) >= 11 is 6.82. The summed E-state index contributed by atoms with van der Waals surface area (Å²) < 4.78 is 33.3. The van der Waals surface area contributed by atoms with Crippen molar-refractivity contribution in [2.45, 2.75) is 0 Å². The second kappa shape index (κ2) is 11.5. The minimum absolute atomic E-state index is 0.105. The van der Waals surface area contributed by atoms with E-state index in [0.717, 1.165) is 0 Å². The molecule has 0 saturated carbocycles. The number of hydrogen-bond donors (Lipinski definition) is 1. The number of fused-ring (bicyclic) bond motifs is 1. The van der Waals surface area contributed by atoms with E-state index in [9.17, 15) is 9.59 Å². The van der Waals surface area contributed by atoms with Crippen LogP contribution in [0.1, 0.15) is 26.3 Å². The number of methoxy groups -OCH3 is 3. The van der Waals surface area contributed by atoms with Crippen LogP contribution in [0.4, 0.5) is 0 Å². The van der Waals surface area contributed by atoms with Crippen LogP contribution in [0, 0.1) is 0 Å². The van der Waals surface area contributed by atoms with Crippen LogP contribution in [0.3, 0.4) is 0 Å². The molecule has 12 heteroatoms. The predicted molar refractivity (Wildman–Crippen MR) is 141 cm³/mol. The minimum Gasteiger partial charge on any atom is -0.493 e. The third-order valence-corrected chi connectivity index (χ3v) is 6.18. The highest BCUT2D eigenvalue weighted by atomic mass is 79.9. The highest BCUT2D eigenvalue weighted by Crippen LogP contribution is 2.39. The van der Waals surface area contributed by atoms with Gasteiger partial charge >= 0.3 is 5.97 Å². The number of nitrogens with one attached hydrogen (secondary N) is 1. The lowest BCUT2D eigenvalue weighted by atomic mass is 10.1. The molecule has 1 N–H and O–H groups in total. The van der Waals surface area contributed by atoms with Crippen LogP contribution in [0.5, 0.6) is 34.5 Å². The summed E-state index contributed by atoms with van der Waals surface area (Å²) in [6.07, 6.45) is 1.36. The topological polar surface area (TPSA) is 114 Å². The van der Waals surface area contributed by atoms with Gasteiger partial charge in [0.2, 0.25) is 12.5 Å². The number of amides is 1. The first kappa shape index (κ1) is 26.3. The van der Waals surface area contributed by atoms with E-state index in [1.807, 2.05) is 0 Å². The number of hydrogen-bond acceptors (Lipinski definition) is 9. The molecule has 37 heavy (non-hydrogen) atoms. The molecular formula is C25H20Br2N2O8. The van der Waals surface area contributed by atoms with E-state index in [1.54, 1.807) is 30.3 Å². The number of rotatable bonds is 8. The Labute approximate surface area is 228 Å². The largest absolute Gasteiger partial charge is 0.493 e. The molecule has 1 aliphatic heterocycles. The minimum atomic E-state index is -0.679. The molecule has 192 valence electrons. The molecule has 4 rings (SSSR count). The van der Waals surface area contributed by atoms with Gasteiger partial charge in [-0.15, -0.1) is 0 Å². The summed E-state index contributed by atoms with van der Waals surface area (Å²) in [4.78, 5) is 25.6. The van der Waals surface area contributed by atoms with Gasteiger partial charge in [-0.1, -0.05) is 15.9 Å². The lowest BCUT2D eigenvalue weighted by Crippen LogP contribution is -2.17. The highest BCUT2D eigenvalue weighted by Gasteiger charge is 2.21. The summed E-state index contributed by atoms with van der Waals surface area (Å²) in [5.41, 5.74) is 3.37. The van der Waals surface area contributed by atoms with E-state index in [0.29, 0.717) is 48.8 Å². The standard InChI is InChI=1S/C25H20Br2N2O8/c1-32-20-8-14(9-21(33-2)23(20)34-3)25(31)37-22-15(6-16(26)10-17(22)27)11-28-29-24(30)13-4-5-18-19(7-13)36-12-35-18/h4-11H,12H2,1-3H3,(H,29,30)/b28-11-. The van der Waals surface area contributed by atoms with Gasteiger partial charge in [0.05, 0.1) is 37.6 Å². The van der Waals surface area contributed by atoms with Gasteiger partial charge in [0.1, 0.15) is 0 Å². The van der Waals surface area contributed by atoms with Crippen molar-refractivity contribution in [2.24, 2.45) is 5.10 Å². The molecule has 3 aromatic carbocycles. The van der Waals surface area contributed by atoms with Crippen LogP contribution in [0.25, 0.3) is 0 Å². The smallest absolute Gasteiger partial charge is 0.343 e. The lowest BCUT2D eigenvalue weighted by molar-refractivity contribution is 0.0732. The Bertz CT molecular complexity index is 1370. The van der Waals surface area contributed by atoms with Crippen molar-refractivity contribution in [3.8, 4) is 34.5 Å². The van der Waals surface area contributed by atoms with Gasteiger partial charge in [-0.2, -0.15) is 5.10 Å². The Balaban J connectivity index is 1.56. The van der Waals surface area contributed by atoms with Crippen molar-refractivity contribution >= 4 is 50.0 Å². The summed E-state index contributed by atoms with van der Waals surface area (Å²) in [7, 11) is 4.36. The quantitative estimate of drug-likeness (QED) is 0.160. The molecule has 0 spiro atoms. The van der Waals surface area contributed by atoms with Crippen LogP contribution in [-0.4, -0.2) is 46.2 Å². The fourth-order valence-electron chi connectivity index (χ4n) is 3.40. The van der Waals surface area contributed by atoms with Crippen molar-refractivity contribution in [1.29, 1.82) is 0 Å². The maximum atomic E-state index is 13.1. The van der Waals surface area contributed by atoms with Crippen LogP contribution in [-0.2, 0) is 0 Å². The van der Waals surface area contributed by atoms with E-state index in [1.165, 1.54) is 39.7 Å². The molecule has 0 radical (unpaired) electrons. The van der Waals surface area contributed by atoms with E-state index >= 15 is 0 Å². The summed E-state index contributed by atoms with van der Waals surface area (Å²) in [5, 5.41) is 4.03. The molecule has 10 nitrogen and oxygen atoms in total. The van der Waals surface area contributed by atoms with Gasteiger partial charge < -0.3 is 28.4 Å². The van der Waals surface area contributed by atoms with Gasteiger partial charge in [-0.25, -0.2) is 10.2 Å². The van der Waals surface area contributed by atoms with Gasteiger partial charge in [-0.05, 0) is 58.4 Å². The van der Waals surface area contributed by atoms with Crippen LogP contribution >= 0.6 is 31.9 Å². The molecule has 3 aromatic rings. The average molecular weight is 636 g/mol. The molecule has 0 bridgehead atoms.